The van der Waals surface area contributed by atoms with Gasteiger partial charge in [-0.25, -0.2) is 0 Å². The van der Waals surface area contributed by atoms with E-state index in [0.717, 1.165) is 22.6 Å². The highest BCUT2D eigenvalue weighted by Crippen LogP contribution is 2.23. The van der Waals surface area contributed by atoms with Gasteiger partial charge in [-0.05, 0) is 13.8 Å². The maximum atomic E-state index is 9.16. The van der Waals surface area contributed by atoms with Crippen LogP contribution in [0.15, 0.2) is 6.20 Å². The maximum Gasteiger partial charge on any atom is 0.128 e. The number of nitrogens with zero attached hydrogens (tertiary/aromatic N) is 1. The number of aliphatic hydroxyl groups is 1. The summed E-state index contributed by atoms with van der Waals surface area (Å²) in [6.45, 7) is 5.04. The van der Waals surface area contributed by atoms with Crippen LogP contribution in [0.2, 0.25) is 0 Å². The summed E-state index contributed by atoms with van der Waals surface area (Å²) < 4.78 is 10.4. The number of hydrogen-bond donors (Lipinski definition) is 2. The number of methoxy groups -OCH3 is 2. The first-order valence-corrected chi connectivity index (χ1v) is 5.96. The first-order chi connectivity index (χ1) is 8.63. The van der Waals surface area contributed by atoms with Crippen LogP contribution < -0.4 is 10.1 Å². The molecule has 0 aliphatic heterocycles. The molecule has 1 heterocycles. The SMILES string of the molecule is COCC(CO)NCc1ncc(C)c(OC)c1C. The molecule has 102 valence electrons. The van der Waals surface area contributed by atoms with Crippen molar-refractivity contribution in [3.8, 4) is 5.75 Å². The summed E-state index contributed by atoms with van der Waals surface area (Å²) in [6.07, 6.45) is 1.80. The standard InChI is InChI=1S/C13H22N2O3/c1-9-5-15-12(10(2)13(9)18-4)6-14-11(7-16)8-17-3/h5,11,14,16H,6-8H2,1-4H3. The lowest BCUT2D eigenvalue weighted by Gasteiger charge is -2.17. The van der Waals surface area contributed by atoms with Gasteiger partial charge in [-0.15, -0.1) is 0 Å². The summed E-state index contributed by atoms with van der Waals surface area (Å²) in [6, 6.07) is -0.0801. The van der Waals surface area contributed by atoms with Crippen LogP contribution in [0.5, 0.6) is 5.75 Å². The normalized spacial score (nSPS) is 12.5. The molecule has 0 aliphatic rings. The van der Waals surface area contributed by atoms with E-state index in [0.29, 0.717) is 13.2 Å². The van der Waals surface area contributed by atoms with Crippen LogP contribution in [0.25, 0.3) is 0 Å². The second-order valence-electron chi connectivity index (χ2n) is 4.26. The van der Waals surface area contributed by atoms with Gasteiger partial charge in [0.1, 0.15) is 5.75 Å². The second-order valence-corrected chi connectivity index (χ2v) is 4.26. The van der Waals surface area contributed by atoms with E-state index >= 15 is 0 Å². The zero-order valence-corrected chi connectivity index (χ0v) is 11.5. The second kappa shape index (κ2) is 7.31. The van der Waals surface area contributed by atoms with Crippen molar-refractivity contribution in [2.24, 2.45) is 0 Å². The lowest BCUT2D eigenvalue weighted by molar-refractivity contribution is 0.128. The molecule has 0 saturated carbocycles. The highest BCUT2D eigenvalue weighted by molar-refractivity contribution is 5.40. The quantitative estimate of drug-likeness (QED) is 0.753. The van der Waals surface area contributed by atoms with E-state index < -0.39 is 0 Å². The molecular weight excluding hydrogens is 232 g/mol. The van der Waals surface area contributed by atoms with Crippen molar-refractivity contribution in [2.75, 3.05) is 27.4 Å². The minimum Gasteiger partial charge on any atom is -0.496 e. The summed E-state index contributed by atoms with van der Waals surface area (Å²) in [7, 11) is 3.27. The van der Waals surface area contributed by atoms with Crippen LogP contribution in [0.1, 0.15) is 16.8 Å². The summed E-state index contributed by atoms with van der Waals surface area (Å²) in [5.41, 5.74) is 2.97. The molecule has 1 atom stereocenters. The van der Waals surface area contributed by atoms with E-state index in [1.54, 1.807) is 20.4 Å². The summed E-state index contributed by atoms with van der Waals surface area (Å²) in [5.74, 6) is 0.870. The molecule has 0 aliphatic carbocycles. The van der Waals surface area contributed by atoms with E-state index in [1.165, 1.54) is 0 Å². The van der Waals surface area contributed by atoms with Crippen molar-refractivity contribution < 1.29 is 14.6 Å². The van der Waals surface area contributed by atoms with Gasteiger partial charge in [-0.2, -0.15) is 0 Å². The minimum atomic E-state index is -0.0801. The number of aromatic nitrogens is 1. The predicted octanol–water partition coefficient (Wildman–Crippen LogP) is 0.804. The number of aryl methyl sites for hydroxylation is 1. The van der Waals surface area contributed by atoms with Gasteiger partial charge in [0, 0.05) is 31.0 Å². The van der Waals surface area contributed by atoms with E-state index in [4.69, 9.17) is 14.6 Å². The fourth-order valence-electron chi connectivity index (χ4n) is 1.87. The molecule has 5 heteroatoms. The molecule has 0 aromatic carbocycles. The van der Waals surface area contributed by atoms with Crippen LogP contribution in [-0.2, 0) is 11.3 Å². The highest BCUT2D eigenvalue weighted by atomic mass is 16.5. The molecule has 0 radical (unpaired) electrons. The Balaban J connectivity index is 2.73. The summed E-state index contributed by atoms with van der Waals surface area (Å²) in [5, 5.41) is 12.4. The number of ether oxygens (including phenoxy) is 2. The first kappa shape index (κ1) is 14.9. The van der Waals surface area contributed by atoms with Crippen molar-refractivity contribution in [1.29, 1.82) is 0 Å². The first-order valence-electron chi connectivity index (χ1n) is 5.96. The van der Waals surface area contributed by atoms with Gasteiger partial charge >= 0.3 is 0 Å². The smallest absolute Gasteiger partial charge is 0.128 e. The fourth-order valence-corrected chi connectivity index (χ4v) is 1.87. The number of pyridine rings is 1. The number of nitrogens with one attached hydrogen (secondary N) is 1. The molecule has 18 heavy (non-hydrogen) atoms. The Morgan fingerprint density at radius 3 is 2.67 bits per heavy atom. The Kier molecular flexibility index (Phi) is 6.04. The molecule has 0 amide bonds. The molecule has 0 spiro atoms. The van der Waals surface area contributed by atoms with Gasteiger partial charge < -0.3 is 19.9 Å². The van der Waals surface area contributed by atoms with E-state index in [9.17, 15) is 0 Å². The van der Waals surface area contributed by atoms with Crippen molar-refractivity contribution >= 4 is 0 Å². The van der Waals surface area contributed by atoms with Crippen LogP contribution in [-0.4, -0.2) is 43.6 Å². The lowest BCUT2D eigenvalue weighted by Crippen LogP contribution is -2.36. The highest BCUT2D eigenvalue weighted by Gasteiger charge is 2.11. The van der Waals surface area contributed by atoms with Gasteiger partial charge in [0.2, 0.25) is 0 Å². The Hall–Kier alpha value is -1.17. The fraction of sp³-hybridized carbons (Fsp3) is 0.615. The predicted molar refractivity (Wildman–Crippen MR) is 69.9 cm³/mol. The Morgan fingerprint density at radius 1 is 1.39 bits per heavy atom. The minimum absolute atomic E-state index is 0.0376. The van der Waals surface area contributed by atoms with Gasteiger partial charge in [0.15, 0.2) is 0 Å². The molecule has 2 N–H and O–H groups in total. The van der Waals surface area contributed by atoms with Crippen LogP contribution in [0.3, 0.4) is 0 Å². The van der Waals surface area contributed by atoms with Gasteiger partial charge in [0.05, 0.1) is 32.1 Å². The molecule has 0 bridgehead atoms. The third-order valence-corrected chi connectivity index (χ3v) is 2.90. The van der Waals surface area contributed by atoms with Crippen molar-refractivity contribution in [1.82, 2.24) is 10.3 Å². The van der Waals surface area contributed by atoms with Crippen LogP contribution in [0.4, 0.5) is 0 Å². The van der Waals surface area contributed by atoms with E-state index in [-0.39, 0.29) is 12.6 Å². The van der Waals surface area contributed by atoms with Crippen molar-refractivity contribution in [3.05, 3.63) is 23.0 Å². The zero-order chi connectivity index (χ0) is 13.5. The third-order valence-electron chi connectivity index (χ3n) is 2.90. The van der Waals surface area contributed by atoms with Gasteiger partial charge in [-0.3, -0.25) is 4.98 Å². The third kappa shape index (κ3) is 3.66. The Labute approximate surface area is 108 Å². The number of hydrogen-bond acceptors (Lipinski definition) is 5. The maximum absolute atomic E-state index is 9.16. The molecule has 5 nitrogen and oxygen atoms in total. The van der Waals surface area contributed by atoms with Crippen LogP contribution in [0, 0.1) is 13.8 Å². The molecule has 1 rings (SSSR count). The molecule has 0 fully saturated rings. The van der Waals surface area contributed by atoms with Crippen molar-refractivity contribution in [3.63, 3.8) is 0 Å². The molecule has 1 aromatic heterocycles. The Morgan fingerprint density at radius 2 is 2.11 bits per heavy atom. The molecular formula is C13H22N2O3. The lowest BCUT2D eigenvalue weighted by atomic mass is 10.1. The average molecular weight is 254 g/mol. The van der Waals surface area contributed by atoms with Crippen LogP contribution >= 0.6 is 0 Å². The van der Waals surface area contributed by atoms with Gasteiger partial charge in [-0.1, -0.05) is 0 Å². The molecule has 0 saturated heterocycles. The number of rotatable bonds is 7. The molecule has 1 unspecified atom stereocenters. The topological polar surface area (TPSA) is 63.6 Å². The van der Waals surface area contributed by atoms with E-state index in [2.05, 4.69) is 10.3 Å². The Bertz CT molecular complexity index is 383. The summed E-state index contributed by atoms with van der Waals surface area (Å²) >= 11 is 0. The van der Waals surface area contributed by atoms with Gasteiger partial charge in [0.25, 0.3) is 0 Å². The number of aliphatic hydroxyl groups excluding tert-OH is 1. The monoisotopic (exact) mass is 254 g/mol. The largest absolute Gasteiger partial charge is 0.496 e. The van der Waals surface area contributed by atoms with E-state index in [1.807, 2.05) is 13.8 Å². The molecule has 1 aromatic rings. The summed E-state index contributed by atoms with van der Waals surface area (Å²) in [4.78, 5) is 4.39. The average Bonchev–Trinajstić information content (AvgIpc) is 2.37. The zero-order valence-electron chi connectivity index (χ0n) is 11.5. The van der Waals surface area contributed by atoms with Crippen molar-refractivity contribution in [2.45, 2.75) is 26.4 Å².